The summed E-state index contributed by atoms with van der Waals surface area (Å²) in [7, 11) is 0. The van der Waals surface area contributed by atoms with Gasteiger partial charge in [-0.1, -0.05) is 49.9 Å². The van der Waals surface area contributed by atoms with Crippen LogP contribution in [0.25, 0.3) is 0 Å². The van der Waals surface area contributed by atoms with Crippen LogP contribution in [0.3, 0.4) is 0 Å². The summed E-state index contributed by atoms with van der Waals surface area (Å²) in [5.41, 5.74) is 3.61. The van der Waals surface area contributed by atoms with Crippen molar-refractivity contribution >= 4 is 17.5 Å². The highest BCUT2D eigenvalue weighted by atomic mass is 32.2. The molecule has 19 heavy (non-hydrogen) atoms. The van der Waals surface area contributed by atoms with E-state index in [2.05, 4.69) is 53.4 Å². The number of rotatable bonds is 2. The van der Waals surface area contributed by atoms with Gasteiger partial charge in [0.25, 0.3) is 0 Å². The Kier molecular flexibility index (Phi) is 3.14. The molecule has 0 N–H and O–H groups in total. The molecular formula is C14H16N4S. The molecule has 0 radical (unpaired) electrons. The molecule has 0 atom stereocenters. The average Bonchev–Trinajstić information content (AvgIpc) is 2.80. The molecule has 3 rings (SSSR count). The number of aromatic nitrogens is 3. The minimum absolute atomic E-state index is 0.559. The van der Waals surface area contributed by atoms with Crippen LogP contribution in [0.4, 0.5) is 0 Å². The predicted molar refractivity (Wildman–Crippen MR) is 77.9 cm³/mol. The molecule has 2 aromatic rings. The van der Waals surface area contributed by atoms with E-state index in [0.29, 0.717) is 5.92 Å². The van der Waals surface area contributed by atoms with Crippen LogP contribution >= 0.6 is 11.8 Å². The highest BCUT2D eigenvalue weighted by Crippen LogP contribution is 2.24. The van der Waals surface area contributed by atoms with E-state index in [9.17, 15) is 0 Å². The maximum Gasteiger partial charge on any atom is 0.212 e. The van der Waals surface area contributed by atoms with Crippen molar-refractivity contribution in [3.63, 3.8) is 0 Å². The quantitative estimate of drug-likeness (QED) is 0.844. The monoisotopic (exact) mass is 272 g/mol. The van der Waals surface area contributed by atoms with Crippen LogP contribution in [-0.4, -0.2) is 26.3 Å². The Morgan fingerprint density at radius 2 is 1.89 bits per heavy atom. The number of aryl methyl sites for hydroxylation is 1. The molecule has 1 aromatic heterocycles. The van der Waals surface area contributed by atoms with Crippen molar-refractivity contribution in [1.82, 2.24) is 14.9 Å². The molecule has 0 bridgehead atoms. The number of hydrogen-bond acceptors (Lipinski definition) is 4. The van der Waals surface area contributed by atoms with E-state index in [4.69, 9.17) is 0 Å². The molecule has 5 heteroatoms. The highest BCUT2D eigenvalue weighted by molar-refractivity contribution is 7.99. The van der Waals surface area contributed by atoms with Crippen molar-refractivity contribution in [2.75, 3.05) is 5.75 Å². The Bertz CT molecular complexity index is 625. The summed E-state index contributed by atoms with van der Waals surface area (Å²) in [5, 5.41) is 13.7. The molecule has 2 heterocycles. The van der Waals surface area contributed by atoms with Gasteiger partial charge in [-0.15, -0.1) is 10.2 Å². The lowest BCUT2D eigenvalue weighted by atomic mass is 10.0. The molecule has 1 aromatic carbocycles. The third-order valence-electron chi connectivity index (χ3n) is 3.24. The van der Waals surface area contributed by atoms with Gasteiger partial charge in [0, 0.05) is 5.75 Å². The second kappa shape index (κ2) is 4.81. The molecule has 1 aliphatic rings. The molecule has 0 unspecified atom stereocenters. The SMILES string of the molecule is Cc1nnc2n1N=C(c1ccc(C(C)C)cc1)CS2. The van der Waals surface area contributed by atoms with Gasteiger partial charge in [-0.05, 0) is 24.0 Å². The number of benzene rings is 1. The van der Waals surface area contributed by atoms with E-state index in [0.717, 1.165) is 22.4 Å². The number of thioether (sulfide) groups is 1. The van der Waals surface area contributed by atoms with E-state index in [1.54, 1.807) is 11.8 Å². The fourth-order valence-electron chi connectivity index (χ4n) is 2.03. The lowest BCUT2D eigenvalue weighted by Crippen LogP contribution is -2.13. The number of nitrogens with zero attached hydrogens (tertiary/aromatic N) is 4. The van der Waals surface area contributed by atoms with Gasteiger partial charge in [0.1, 0.15) is 0 Å². The van der Waals surface area contributed by atoms with Gasteiger partial charge in [-0.2, -0.15) is 9.78 Å². The van der Waals surface area contributed by atoms with Gasteiger partial charge >= 0.3 is 0 Å². The fraction of sp³-hybridized carbons (Fsp3) is 0.357. The first-order chi connectivity index (χ1) is 9.15. The van der Waals surface area contributed by atoms with Crippen LogP contribution in [0.5, 0.6) is 0 Å². The van der Waals surface area contributed by atoms with Crippen molar-refractivity contribution in [3.05, 3.63) is 41.2 Å². The highest BCUT2D eigenvalue weighted by Gasteiger charge is 2.17. The third kappa shape index (κ3) is 2.30. The van der Waals surface area contributed by atoms with Crippen molar-refractivity contribution < 1.29 is 0 Å². The summed E-state index contributed by atoms with van der Waals surface area (Å²) in [6, 6.07) is 8.67. The second-order valence-corrected chi connectivity index (χ2v) is 5.90. The van der Waals surface area contributed by atoms with Gasteiger partial charge in [-0.3, -0.25) is 0 Å². The van der Waals surface area contributed by atoms with Crippen LogP contribution in [-0.2, 0) is 0 Å². The molecule has 98 valence electrons. The Morgan fingerprint density at radius 3 is 2.58 bits per heavy atom. The molecule has 0 aliphatic carbocycles. The summed E-state index contributed by atoms with van der Waals surface area (Å²) in [4.78, 5) is 0. The first-order valence-electron chi connectivity index (χ1n) is 6.38. The summed E-state index contributed by atoms with van der Waals surface area (Å²) in [6.07, 6.45) is 0. The van der Waals surface area contributed by atoms with Crippen LogP contribution in [0.15, 0.2) is 34.5 Å². The van der Waals surface area contributed by atoms with Crippen molar-refractivity contribution in [2.24, 2.45) is 5.10 Å². The maximum absolute atomic E-state index is 4.64. The molecule has 4 nitrogen and oxygen atoms in total. The van der Waals surface area contributed by atoms with Crippen molar-refractivity contribution in [2.45, 2.75) is 31.8 Å². The topological polar surface area (TPSA) is 43.1 Å². The summed E-state index contributed by atoms with van der Waals surface area (Å²) < 4.78 is 1.82. The molecular weight excluding hydrogens is 256 g/mol. The minimum Gasteiger partial charge on any atom is -0.191 e. The molecule has 1 aliphatic heterocycles. The van der Waals surface area contributed by atoms with Crippen molar-refractivity contribution in [3.8, 4) is 0 Å². The van der Waals surface area contributed by atoms with Crippen LogP contribution < -0.4 is 0 Å². The fourth-order valence-corrected chi connectivity index (χ4v) is 2.91. The largest absolute Gasteiger partial charge is 0.212 e. The lowest BCUT2D eigenvalue weighted by molar-refractivity contribution is 0.734. The maximum atomic E-state index is 4.64. The number of fused-ring (bicyclic) bond motifs is 1. The Morgan fingerprint density at radius 1 is 1.16 bits per heavy atom. The van der Waals surface area contributed by atoms with Crippen molar-refractivity contribution in [1.29, 1.82) is 0 Å². The molecule has 0 amide bonds. The van der Waals surface area contributed by atoms with Gasteiger partial charge in [0.05, 0.1) is 5.71 Å². The minimum atomic E-state index is 0.559. The standard InChI is InChI=1S/C14H16N4S/c1-9(2)11-4-6-12(7-5-11)13-8-19-14-16-15-10(3)18(14)17-13/h4-7,9H,8H2,1-3H3. The molecule has 0 saturated heterocycles. The second-order valence-electron chi connectivity index (χ2n) is 4.95. The summed E-state index contributed by atoms with van der Waals surface area (Å²) in [5.74, 6) is 2.24. The lowest BCUT2D eigenvalue weighted by Gasteiger charge is -2.14. The van der Waals surface area contributed by atoms with Gasteiger partial charge < -0.3 is 0 Å². The molecule has 0 spiro atoms. The van der Waals surface area contributed by atoms with E-state index in [1.165, 1.54) is 11.1 Å². The summed E-state index contributed by atoms with van der Waals surface area (Å²) >= 11 is 1.68. The van der Waals surface area contributed by atoms with Crippen LogP contribution in [0.1, 0.15) is 36.7 Å². The molecule has 0 saturated carbocycles. The zero-order valence-corrected chi connectivity index (χ0v) is 12.1. The van der Waals surface area contributed by atoms with Gasteiger partial charge in [0.2, 0.25) is 5.16 Å². The molecule has 0 fully saturated rings. The normalized spacial score (nSPS) is 14.4. The van der Waals surface area contributed by atoms with E-state index in [1.807, 2.05) is 11.6 Å². The average molecular weight is 272 g/mol. The Balaban J connectivity index is 1.95. The first kappa shape index (κ1) is 12.4. The predicted octanol–water partition coefficient (Wildman–Crippen LogP) is 3.07. The zero-order chi connectivity index (χ0) is 13.4. The van der Waals surface area contributed by atoms with E-state index < -0.39 is 0 Å². The van der Waals surface area contributed by atoms with E-state index >= 15 is 0 Å². The van der Waals surface area contributed by atoms with E-state index in [-0.39, 0.29) is 0 Å². The number of hydrogen-bond donors (Lipinski definition) is 0. The Hall–Kier alpha value is -1.62. The summed E-state index contributed by atoms with van der Waals surface area (Å²) in [6.45, 7) is 6.33. The first-order valence-corrected chi connectivity index (χ1v) is 7.36. The third-order valence-corrected chi connectivity index (χ3v) is 4.17. The smallest absolute Gasteiger partial charge is 0.191 e. The van der Waals surface area contributed by atoms with Crippen LogP contribution in [0, 0.1) is 6.92 Å². The van der Waals surface area contributed by atoms with Gasteiger partial charge in [-0.25, -0.2) is 0 Å². The van der Waals surface area contributed by atoms with Crippen LogP contribution in [0.2, 0.25) is 0 Å². The Labute approximate surface area is 116 Å². The zero-order valence-electron chi connectivity index (χ0n) is 11.3. The van der Waals surface area contributed by atoms with Gasteiger partial charge in [0.15, 0.2) is 5.82 Å².